The average molecular weight is 302 g/mol. The van der Waals surface area contributed by atoms with Crippen molar-refractivity contribution < 1.29 is 4.74 Å². The molecule has 0 bridgehead atoms. The fourth-order valence-electron chi connectivity index (χ4n) is 3.22. The third-order valence-corrected chi connectivity index (χ3v) is 4.56. The highest BCUT2D eigenvalue weighted by Gasteiger charge is 2.33. The van der Waals surface area contributed by atoms with Crippen LogP contribution in [0.5, 0.6) is 5.75 Å². The first-order valence-electron chi connectivity index (χ1n) is 7.38. The maximum Gasteiger partial charge on any atom is 0.138 e. The van der Waals surface area contributed by atoms with Gasteiger partial charge < -0.3 is 10.1 Å². The van der Waals surface area contributed by atoms with Gasteiger partial charge in [-0.15, -0.1) is 0 Å². The van der Waals surface area contributed by atoms with Crippen molar-refractivity contribution in [3.05, 3.63) is 64.7 Å². The van der Waals surface area contributed by atoms with E-state index in [0.717, 1.165) is 12.2 Å². The molecule has 0 saturated carbocycles. The van der Waals surface area contributed by atoms with Gasteiger partial charge in [-0.1, -0.05) is 54.9 Å². The number of ether oxygens (including phenoxy) is 1. The topological polar surface area (TPSA) is 21.3 Å². The van der Waals surface area contributed by atoms with Crippen LogP contribution in [-0.4, -0.2) is 13.2 Å². The van der Waals surface area contributed by atoms with Gasteiger partial charge in [-0.05, 0) is 42.6 Å². The number of benzene rings is 2. The van der Waals surface area contributed by atoms with E-state index >= 15 is 0 Å². The molecule has 0 amide bonds. The second-order valence-corrected chi connectivity index (χ2v) is 6.03. The van der Waals surface area contributed by atoms with Crippen LogP contribution in [-0.2, 0) is 0 Å². The number of nitrogens with one attached hydrogen (secondary N) is 1. The molecule has 2 aromatic carbocycles. The number of hydrogen-bond acceptors (Lipinski definition) is 2. The molecule has 0 fully saturated rings. The number of para-hydroxylation sites is 1. The number of hydrogen-bond donors (Lipinski definition) is 1. The molecule has 3 rings (SSSR count). The van der Waals surface area contributed by atoms with Crippen LogP contribution < -0.4 is 10.1 Å². The number of halogens is 1. The molecule has 3 unspecified atom stereocenters. The molecule has 0 saturated heterocycles. The van der Waals surface area contributed by atoms with Gasteiger partial charge in [-0.3, -0.25) is 0 Å². The zero-order valence-corrected chi connectivity index (χ0v) is 13.1. The Morgan fingerprint density at radius 1 is 1.05 bits per heavy atom. The molecule has 3 heteroatoms. The van der Waals surface area contributed by atoms with Crippen LogP contribution in [0.4, 0.5) is 0 Å². The summed E-state index contributed by atoms with van der Waals surface area (Å²) >= 11 is 6.23. The maximum atomic E-state index is 6.23. The van der Waals surface area contributed by atoms with E-state index in [-0.39, 0.29) is 12.1 Å². The smallest absolute Gasteiger partial charge is 0.138 e. The largest absolute Gasteiger partial charge is 0.487 e. The Bertz CT molecular complexity index is 628. The fourth-order valence-corrected chi connectivity index (χ4v) is 3.40. The Labute approximate surface area is 131 Å². The predicted octanol–water partition coefficient (Wildman–Crippen LogP) is 4.56. The van der Waals surface area contributed by atoms with Crippen molar-refractivity contribution in [2.45, 2.75) is 31.4 Å². The van der Waals surface area contributed by atoms with E-state index in [9.17, 15) is 0 Å². The van der Waals surface area contributed by atoms with Gasteiger partial charge in [0.1, 0.15) is 11.9 Å². The van der Waals surface area contributed by atoms with Crippen molar-refractivity contribution in [3.8, 4) is 5.75 Å². The van der Waals surface area contributed by atoms with Gasteiger partial charge >= 0.3 is 0 Å². The van der Waals surface area contributed by atoms with Crippen LogP contribution in [0.3, 0.4) is 0 Å². The first kappa shape index (κ1) is 14.4. The van der Waals surface area contributed by atoms with E-state index in [4.69, 9.17) is 16.3 Å². The van der Waals surface area contributed by atoms with Gasteiger partial charge in [0.2, 0.25) is 0 Å². The molecule has 1 aliphatic rings. The minimum atomic E-state index is 0.0831. The van der Waals surface area contributed by atoms with Gasteiger partial charge in [0.05, 0.1) is 11.1 Å². The second-order valence-electron chi connectivity index (χ2n) is 5.62. The normalized spacial score (nSPS) is 24.4. The maximum absolute atomic E-state index is 6.23. The quantitative estimate of drug-likeness (QED) is 0.897. The lowest BCUT2D eigenvalue weighted by Gasteiger charge is -2.37. The third kappa shape index (κ3) is 2.78. The lowest BCUT2D eigenvalue weighted by molar-refractivity contribution is 0.130. The second kappa shape index (κ2) is 6.08. The summed E-state index contributed by atoms with van der Waals surface area (Å²) in [4.78, 5) is 0. The molecule has 0 heterocycles. The van der Waals surface area contributed by atoms with E-state index in [0.29, 0.717) is 10.9 Å². The third-order valence-electron chi connectivity index (χ3n) is 4.25. The van der Waals surface area contributed by atoms with Crippen molar-refractivity contribution in [1.82, 2.24) is 5.32 Å². The van der Waals surface area contributed by atoms with Gasteiger partial charge in [-0.2, -0.15) is 0 Å². The highest BCUT2D eigenvalue weighted by Crippen LogP contribution is 2.39. The van der Waals surface area contributed by atoms with Crippen LogP contribution in [0.15, 0.2) is 48.5 Å². The van der Waals surface area contributed by atoms with Crippen LogP contribution in [0.25, 0.3) is 0 Å². The van der Waals surface area contributed by atoms with E-state index in [1.165, 1.54) is 11.1 Å². The molecule has 21 heavy (non-hydrogen) atoms. The lowest BCUT2D eigenvalue weighted by atomic mass is 9.79. The summed E-state index contributed by atoms with van der Waals surface area (Å²) in [5.74, 6) is 1.24. The summed E-state index contributed by atoms with van der Waals surface area (Å²) in [6.45, 7) is 2.26. The highest BCUT2D eigenvalue weighted by molar-refractivity contribution is 6.32. The zero-order chi connectivity index (χ0) is 14.8. The standard InChI is InChI=1S/C18H20ClNO/c1-12-11-17(21-16-10-6-5-9-15(16)19)18(20-2)14-8-4-3-7-13(12)14/h3-10,12,17-18,20H,11H2,1-2H3. The number of fused-ring (bicyclic) bond motifs is 1. The fraction of sp³-hybridized carbons (Fsp3) is 0.333. The van der Waals surface area contributed by atoms with Crippen molar-refractivity contribution in [3.63, 3.8) is 0 Å². The van der Waals surface area contributed by atoms with Crippen LogP contribution in [0, 0.1) is 0 Å². The molecule has 2 aromatic rings. The van der Waals surface area contributed by atoms with Crippen molar-refractivity contribution >= 4 is 11.6 Å². The molecule has 110 valence electrons. The summed E-state index contributed by atoms with van der Waals surface area (Å²) in [5.41, 5.74) is 2.74. The summed E-state index contributed by atoms with van der Waals surface area (Å²) in [6, 6.07) is 16.5. The van der Waals surface area contributed by atoms with Crippen LogP contribution in [0.1, 0.15) is 36.4 Å². The molecule has 2 nitrogen and oxygen atoms in total. The molecular weight excluding hydrogens is 282 g/mol. The number of rotatable bonds is 3. The molecule has 1 N–H and O–H groups in total. The lowest BCUT2D eigenvalue weighted by Crippen LogP contribution is -2.38. The zero-order valence-electron chi connectivity index (χ0n) is 12.3. The van der Waals surface area contributed by atoms with E-state index in [1.807, 2.05) is 31.3 Å². The van der Waals surface area contributed by atoms with Gasteiger partial charge in [0.25, 0.3) is 0 Å². The van der Waals surface area contributed by atoms with Crippen molar-refractivity contribution in [2.24, 2.45) is 0 Å². The summed E-state index contributed by atoms with van der Waals surface area (Å²) in [5, 5.41) is 4.07. The molecular formula is C18H20ClNO. The Hall–Kier alpha value is -1.51. The molecule has 0 aromatic heterocycles. The first-order valence-corrected chi connectivity index (χ1v) is 7.75. The van der Waals surface area contributed by atoms with Gasteiger partial charge in [0.15, 0.2) is 0 Å². The van der Waals surface area contributed by atoms with E-state index < -0.39 is 0 Å². The van der Waals surface area contributed by atoms with Gasteiger partial charge in [0, 0.05) is 0 Å². The number of likely N-dealkylation sites (N-methyl/N-ethyl adjacent to an activating group) is 1. The molecule has 0 aliphatic heterocycles. The first-order chi connectivity index (χ1) is 10.2. The Morgan fingerprint density at radius 3 is 2.43 bits per heavy atom. The predicted molar refractivity (Wildman–Crippen MR) is 87.1 cm³/mol. The Balaban J connectivity index is 1.92. The van der Waals surface area contributed by atoms with E-state index in [1.54, 1.807) is 0 Å². The Morgan fingerprint density at radius 2 is 1.71 bits per heavy atom. The summed E-state index contributed by atoms with van der Waals surface area (Å²) in [7, 11) is 1.99. The monoisotopic (exact) mass is 301 g/mol. The Kier molecular flexibility index (Phi) is 4.18. The molecule has 1 aliphatic carbocycles. The van der Waals surface area contributed by atoms with Crippen molar-refractivity contribution in [1.29, 1.82) is 0 Å². The minimum absolute atomic E-state index is 0.0831. The minimum Gasteiger partial charge on any atom is -0.487 e. The van der Waals surface area contributed by atoms with E-state index in [2.05, 4.69) is 36.5 Å². The van der Waals surface area contributed by atoms with Crippen molar-refractivity contribution in [2.75, 3.05) is 7.05 Å². The van der Waals surface area contributed by atoms with Crippen LogP contribution >= 0.6 is 11.6 Å². The molecule has 0 spiro atoms. The summed E-state index contributed by atoms with van der Waals surface area (Å²) in [6.07, 6.45) is 1.06. The molecule has 3 atom stereocenters. The van der Waals surface area contributed by atoms with Crippen LogP contribution in [0.2, 0.25) is 5.02 Å². The summed E-state index contributed by atoms with van der Waals surface area (Å²) < 4.78 is 6.22. The average Bonchev–Trinajstić information content (AvgIpc) is 2.50. The molecule has 0 radical (unpaired) electrons. The SMILES string of the molecule is CNC1c2ccccc2C(C)CC1Oc1ccccc1Cl. The van der Waals surface area contributed by atoms with Gasteiger partial charge in [-0.25, -0.2) is 0 Å². The highest BCUT2D eigenvalue weighted by atomic mass is 35.5.